The lowest BCUT2D eigenvalue weighted by Gasteiger charge is -2.15. The molecule has 0 saturated heterocycles. The SMILES string of the molecule is CCNC(=O)CN1C(=O)C(=O)c2ccc(Cl)cc21. The van der Waals surface area contributed by atoms with Crippen molar-refractivity contribution in [2.24, 2.45) is 0 Å². The summed E-state index contributed by atoms with van der Waals surface area (Å²) in [5.41, 5.74) is 0.678. The predicted molar refractivity (Wildman–Crippen MR) is 66.8 cm³/mol. The molecule has 1 aliphatic rings. The van der Waals surface area contributed by atoms with Crippen molar-refractivity contribution in [2.75, 3.05) is 18.0 Å². The van der Waals surface area contributed by atoms with E-state index in [0.717, 1.165) is 4.90 Å². The fraction of sp³-hybridized carbons (Fsp3) is 0.250. The second kappa shape index (κ2) is 4.78. The van der Waals surface area contributed by atoms with Gasteiger partial charge in [-0.1, -0.05) is 11.6 Å². The Morgan fingerprint density at radius 2 is 2.11 bits per heavy atom. The van der Waals surface area contributed by atoms with Gasteiger partial charge in [0.1, 0.15) is 6.54 Å². The van der Waals surface area contributed by atoms with E-state index in [9.17, 15) is 14.4 Å². The van der Waals surface area contributed by atoms with Crippen LogP contribution in [0.1, 0.15) is 17.3 Å². The molecule has 2 rings (SSSR count). The molecule has 0 bridgehead atoms. The molecule has 1 heterocycles. The van der Waals surface area contributed by atoms with Gasteiger partial charge >= 0.3 is 0 Å². The number of carbonyl (C=O) groups excluding carboxylic acids is 3. The van der Waals surface area contributed by atoms with Gasteiger partial charge in [-0.25, -0.2) is 0 Å². The van der Waals surface area contributed by atoms with E-state index in [0.29, 0.717) is 17.3 Å². The number of nitrogens with zero attached hydrogens (tertiary/aromatic N) is 1. The summed E-state index contributed by atoms with van der Waals surface area (Å²) in [5, 5.41) is 2.99. The van der Waals surface area contributed by atoms with Crippen LogP contribution in [0.25, 0.3) is 0 Å². The fourth-order valence-corrected chi connectivity index (χ4v) is 1.99. The maximum Gasteiger partial charge on any atom is 0.299 e. The van der Waals surface area contributed by atoms with Crippen LogP contribution in [0.4, 0.5) is 5.69 Å². The number of amides is 2. The van der Waals surface area contributed by atoms with Crippen molar-refractivity contribution in [3.05, 3.63) is 28.8 Å². The Hall–Kier alpha value is -1.88. The third kappa shape index (κ3) is 2.09. The topological polar surface area (TPSA) is 66.5 Å². The molecule has 0 radical (unpaired) electrons. The second-order valence-corrected chi connectivity index (χ2v) is 4.27. The Morgan fingerprint density at radius 3 is 2.78 bits per heavy atom. The molecule has 0 unspecified atom stereocenters. The summed E-state index contributed by atoms with van der Waals surface area (Å²) >= 11 is 5.83. The molecular weight excluding hydrogens is 256 g/mol. The van der Waals surface area contributed by atoms with E-state index in [4.69, 9.17) is 11.6 Å². The van der Waals surface area contributed by atoms with Crippen molar-refractivity contribution in [3.63, 3.8) is 0 Å². The van der Waals surface area contributed by atoms with Gasteiger partial charge in [0.05, 0.1) is 11.3 Å². The standard InChI is InChI=1S/C12H11ClN2O3/c1-2-14-10(16)6-15-9-5-7(13)3-4-8(9)11(17)12(15)18/h3-5H,2,6H2,1H3,(H,14,16). The minimum absolute atomic E-state index is 0.175. The molecule has 1 N–H and O–H groups in total. The molecule has 1 aliphatic heterocycles. The first-order chi connectivity index (χ1) is 8.54. The van der Waals surface area contributed by atoms with E-state index in [1.54, 1.807) is 13.0 Å². The monoisotopic (exact) mass is 266 g/mol. The van der Waals surface area contributed by atoms with Gasteiger partial charge in [0, 0.05) is 11.6 Å². The van der Waals surface area contributed by atoms with Gasteiger partial charge in [-0.3, -0.25) is 19.3 Å². The molecular formula is C12H11ClN2O3. The highest BCUT2D eigenvalue weighted by Crippen LogP contribution is 2.31. The molecule has 0 saturated carbocycles. The molecule has 1 aromatic carbocycles. The summed E-state index contributed by atoms with van der Waals surface area (Å²) in [4.78, 5) is 36.1. The highest BCUT2D eigenvalue weighted by Gasteiger charge is 2.36. The van der Waals surface area contributed by atoms with Gasteiger partial charge in [0.2, 0.25) is 5.91 Å². The number of rotatable bonds is 3. The molecule has 0 aromatic heterocycles. The number of anilines is 1. The maximum absolute atomic E-state index is 11.8. The smallest absolute Gasteiger partial charge is 0.299 e. The number of nitrogens with one attached hydrogen (secondary N) is 1. The zero-order valence-corrected chi connectivity index (χ0v) is 10.5. The van der Waals surface area contributed by atoms with Crippen LogP contribution in [0.2, 0.25) is 5.02 Å². The lowest BCUT2D eigenvalue weighted by molar-refractivity contribution is -0.122. The van der Waals surface area contributed by atoms with Crippen molar-refractivity contribution < 1.29 is 14.4 Å². The maximum atomic E-state index is 11.8. The highest BCUT2D eigenvalue weighted by molar-refractivity contribution is 6.53. The van der Waals surface area contributed by atoms with Crippen LogP contribution in [0.15, 0.2) is 18.2 Å². The van der Waals surface area contributed by atoms with E-state index < -0.39 is 11.7 Å². The normalized spacial score (nSPS) is 13.8. The van der Waals surface area contributed by atoms with Crippen LogP contribution >= 0.6 is 11.6 Å². The number of Topliss-reactive ketones (excluding diaryl/α,β-unsaturated/α-hetero) is 1. The second-order valence-electron chi connectivity index (χ2n) is 3.84. The van der Waals surface area contributed by atoms with E-state index in [1.807, 2.05) is 0 Å². The van der Waals surface area contributed by atoms with Crippen molar-refractivity contribution in [3.8, 4) is 0 Å². The third-order valence-corrected chi connectivity index (χ3v) is 2.85. The van der Waals surface area contributed by atoms with E-state index >= 15 is 0 Å². The van der Waals surface area contributed by atoms with Gasteiger partial charge in [-0.15, -0.1) is 0 Å². The van der Waals surface area contributed by atoms with Crippen LogP contribution in [0.3, 0.4) is 0 Å². The Kier molecular flexibility index (Phi) is 3.34. The molecule has 0 atom stereocenters. The molecule has 0 fully saturated rings. The zero-order valence-electron chi connectivity index (χ0n) is 9.70. The average Bonchev–Trinajstić information content (AvgIpc) is 2.55. The highest BCUT2D eigenvalue weighted by atomic mass is 35.5. The largest absolute Gasteiger partial charge is 0.355 e. The van der Waals surface area contributed by atoms with E-state index in [2.05, 4.69) is 5.32 Å². The lowest BCUT2D eigenvalue weighted by Crippen LogP contribution is -2.40. The van der Waals surface area contributed by atoms with Crippen LogP contribution in [0, 0.1) is 0 Å². The van der Waals surface area contributed by atoms with Crippen LogP contribution in [0.5, 0.6) is 0 Å². The first-order valence-electron chi connectivity index (χ1n) is 5.47. The van der Waals surface area contributed by atoms with Crippen LogP contribution in [-0.4, -0.2) is 30.7 Å². The summed E-state index contributed by atoms with van der Waals surface area (Å²) in [5.74, 6) is -1.61. The number of benzene rings is 1. The number of likely N-dealkylation sites (N-methyl/N-ethyl adjacent to an activating group) is 1. The Bertz CT molecular complexity index is 542. The molecule has 2 amide bonds. The third-order valence-electron chi connectivity index (χ3n) is 2.61. The van der Waals surface area contributed by atoms with Gasteiger partial charge < -0.3 is 5.32 Å². The van der Waals surface area contributed by atoms with Gasteiger partial charge in [-0.2, -0.15) is 0 Å². The molecule has 0 spiro atoms. The number of halogens is 1. The first-order valence-corrected chi connectivity index (χ1v) is 5.85. The molecule has 18 heavy (non-hydrogen) atoms. The van der Waals surface area contributed by atoms with Crippen molar-refractivity contribution in [1.82, 2.24) is 5.32 Å². The van der Waals surface area contributed by atoms with Crippen molar-refractivity contribution in [1.29, 1.82) is 0 Å². The van der Waals surface area contributed by atoms with Crippen molar-refractivity contribution in [2.45, 2.75) is 6.92 Å². The minimum Gasteiger partial charge on any atom is -0.355 e. The van der Waals surface area contributed by atoms with E-state index in [1.165, 1.54) is 12.1 Å². The quantitative estimate of drug-likeness (QED) is 0.830. The predicted octanol–water partition coefficient (Wildman–Crippen LogP) is 1.01. The summed E-state index contributed by atoms with van der Waals surface area (Å²) in [6.07, 6.45) is 0. The Balaban J connectivity index is 2.33. The fourth-order valence-electron chi connectivity index (χ4n) is 1.82. The average molecular weight is 267 g/mol. The minimum atomic E-state index is -0.696. The molecule has 0 aliphatic carbocycles. The van der Waals surface area contributed by atoms with Gasteiger partial charge in [0.25, 0.3) is 11.7 Å². The lowest BCUT2D eigenvalue weighted by atomic mass is 10.1. The number of hydrogen-bond donors (Lipinski definition) is 1. The van der Waals surface area contributed by atoms with Crippen molar-refractivity contribution >= 4 is 34.9 Å². The molecule has 1 aromatic rings. The summed E-state index contributed by atoms with van der Waals surface area (Å²) in [6, 6.07) is 4.55. The molecule has 6 heteroatoms. The van der Waals surface area contributed by atoms with E-state index in [-0.39, 0.29) is 18.0 Å². The summed E-state index contributed by atoms with van der Waals surface area (Å²) in [6.45, 7) is 2.07. The Morgan fingerprint density at radius 1 is 1.39 bits per heavy atom. The molecule has 94 valence electrons. The zero-order chi connectivity index (χ0) is 13.3. The van der Waals surface area contributed by atoms with Gasteiger partial charge in [-0.05, 0) is 25.1 Å². The Labute approximate surface area is 109 Å². The number of carbonyl (C=O) groups is 3. The first kappa shape index (κ1) is 12.6. The molecule has 5 nitrogen and oxygen atoms in total. The van der Waals surface area contributed by atoms with Gasteiger partial charge in [0.15, 0.2) is 0 Å². The summed E-state index contributed by atoms with van der Waals surface area (Å²) < 4.78 is 0. The van der Waals surface area contributed by atoms with Crippen LogP contribution < -0.4 is 10.2 Å². The number of hydrogen-bond acceptors (Lipinski definition) is 3. The summed E-state index contributed by atoms with van der Waals surface area (Å²) in [7, 11) is 0. The van der Waals surface area contributed by atoms with Crippen LogP contribution in [-0.2, 0) is 9.59 Å². The number of fused-ring (bicyclic) bond motifs is 1. The number of ketones is 1.